The van der Waals surface area contributed by atoms with Crippen LogP contribution >= 0.6 is 15.9 Å². The molecule has 0 aliphatic heterocycles. The fraction of sp³-hybridized carbons (Fsp3) is 0.0909. The lowest BCUT2D eigenvalue weighted by Gasteiger charge is -2.00. The van der Waals surface area contributed by atoms with Crippen molar-refractivity contribution in [1.29, 1.82) is 0 Å². The highest BCUT2D eigenvalue weighted by Gasteiger charge is 2.18. The molecule has 76 valence electrons. The number of ketones is 1. The standard InChI is InChI=1S/C11H8BrNO2/c1-7-3-2-5-13-9(7)10(14)11-8(12)4-6-15-11/h2-6H,1H3. The number of furan rings is 1. The molecule has 0 radical (unpaired) electrons. The molecule has 2 rings (SSSR count). The molecule has 0 unspecified atom stereocenters. The number of carbonyl (C=O) groups excluding carboxylic acids is 1. The first kappa shape index (κ1) is 10.1. The number of nitrogens with zero attached hydrogens (tertiary/aromatic N) is 1. The van der Waals surface area contributed by atoms with Gasteiger partial charge in [0.2, 0.25) is 5.78 Å². The quantitative estimate of drug-likeness (QED) is 0.785. The van der Waals surface area contributed by atoms with Crippen LogP contribution < -0.4 is 0 Å². The van der Waals surface area contributed by atoms with Gasteiger partial charge in [-0.2, -0.15) is 0 Å². The van der Waals surface area contributed by atoms with Gasteiger partial charge in [0, 0.05) is 6.20 Å². The molecule has 0 atom stereocenters. The Hall–Kier alpha value is -1.42. The van der Waals surface area contributed by atoms with Gasteiger partial charge >= 0.3 is 0 Å². The monoisotopic (exact) mass is 265 g/mol. The van der Waals surface area contributed by atoms with E-state index < -0.39 is 0 Å². The summed E-state index contributed by atoms with van der Waals surface area (Å²) < 4.78 is 5.75. The fourth-order valence-electron chi connectivity index (χ4n) is 1.29. The number of aromatic nitrogens is 1. The lowest BCUT2D eigenvalue weighted by atomic mass is 10.1. The average molecular weight is 266 g/mol. The van der Waals surface area contributed by atoms with Crippen LogP contribution in [0.15, 0.2) is 39.5 Å². The normalized spacial score (nSPS) is 10.3. The largest absolute Gasteiger partial charge is 0.460 e. The predicted octanol–water partition coefficient (Wildman–Crippen LogP) is 2.98. The van der Waals surface area contributed by atoms with Crippen molar-refractivity contribution in [2.75, 3.05) is 0 Å². The van der Waals surface area contributed by atoms with Crippen LogP contribution in [0.1, 0.15) is 21.8 Å². The van der Waals surface area contributed by atoms with E-state index in [-0.39, 0.29) is 11.5 Å². The Morgan fingerprint density at radius 3 is 2.87 bits per heavy atom. The molecule has 0 amide bonds. The predicted molar refractivity (Wildman–Crippen MR) is 58.8 cm³/mol. The molecule has 0 spiro atoms. The minimum absolute atomic E-state index is 0.204. The molecule has 0 saturated heterocycles. The topological polar surface area (TPSA) is 43.1 Å². The highest BCUT2D eigenvalue weighted by atomic mass is 79.9. The van der Waals surface area contributed by atoms with E-state index in [1.807, 2.05) is 13.0 Å². The lowest BCUT2D eigenvalue weighted by molar-refractivity contribution is 0.100. The minimum Gasteiger partial charge on any atom is -0.460 e. The van der Waals surface area contributed by atoms with Gasteiger partial charge in [0.25, 0.3) is 0 Å². The van der Waals surface area contributed by atoms with Crippen LogP contribution in [0, 0.1) is 6.92 Å². The van der Waals surface area contributed by atoms with Crippen molar-refractivity contribution in [3.8, 4) is 0 Å². The Labute approximate surface area is 95.3 Å². The first-order valence-corrected chi connectivity index (χ1v) is 5.19. The molecule has 0 aliphatic carbocycles. The molecular weight excluding hydrogens is 258 g/mol. The van der Waals surface area contributed by atoms with Gasteiger partial charge in [0.15, 0.2) is 5.76 Å². The molecule has 0 saturated carbocycles. The molecule has 2 heterocycles. The summed E-state index contributed by atoms with van der Waals surface area (Å²) in [5.74, 6) is 0.0850. The summed E-state index contributed by atoms with van der Waals surface area (Å²) in [7, 11) is 0. The van der Waals surface area contributed by atoms with Crippen LogP contribution in [0.2, 0.25) is 0 Å². The third kappa shape index (κ3) is 1.85. The molecule has 0 fully saturated rings. The zero-order valence-electron chi connectivity index (χ0n) is 8.03. The number of carbonyl (C=O) groups is 1. The Bertz CT molecular complexity index is 505. The average Bonchev–Trinajstić information content (AvgIpc) is 2.64. The molecule has 4 heteroatoms. The van der Waals surface area contributed by atoms with Crippen LogP contribution in [-0.2, 0) is 0 Å². The maximum atomic E-state index is 12.0. The Balaban J connectivity index is 2.46. The van der Waals surface area contributed by atoms with Gasteiger partial charge in [-0.1, -0.05) is 6.07 Å². The highest BCUT2D eigenvalue weighted by molar-refractivity contribution is 9.10. The summed E-state index contributed by atoms with van der Waals surface area (Å²) in [6, 6.07) is 5.33. The van der Waals surface area contributed by atoms with E-state index in [2.05, 4.69) is 20.9 Å². The van der Waals surface area contributed by atoms with Crippen molar-refractivity contribution in [1.82, 2.24) is 4.98 Å². The summed E-state index contributed by atoms with van der Waals surface area (Å²) in [5, 5.41) is 0. The molecule has 0 N–H and O–H groups in total. The third-order valence-electron chi connectivity index (χ3n) is 2.05. The highest BCUT2D eigenvalue weighted by Crippen LogP contribution is 2.21. The van der Waals surface area contributed by atoms with Crippen molar-refractivity contribution < 1.29 is 9.21 Å². The minimum atomic E-state index is -0.204. The van der Waals surface area contributed by atoms with E-state index in [1.165, 1.54) is 6.26 Å². The summed E-state index contributed by atoms with van der Waals surface area (Å²) in [6.07, 6.45) is 3.06. The molecule has 2 aromatic rings. The van der Waals surface area contributed by atoms with E-state index >= 15 is 0 Å². The Morgan fingerprint density at radius 2 is 2.27 bits per heavy atom. The number of hydrogen-bond donors (Lipinski definition) is 0. The number of pyridine rings is 1. The first-order chi connectivity index (χ1) is 7.20. The number of halogens is 1. The maximum absolute atomic E-state index is 12.0. The van der Waals surface area contributed by atoms with Crippen LogP contribution in [-0.4, -0.2) is 10.8 Å². The van der Waals surface area contributed by atoms with Crippen LogP contribution in [0.3, 0.4) is 0 Å². The van der Waals surface area contributed by atoms with Gasteiger partial charge in [-0.15, -0.1) is 0 Å². The molecule has 0 aliphatic rings. The maximum Gasteiger partial charge on any atom is 0.247 e. The SMILES string of the molecule is Cc1cccnc1C(=O)c1occc1Br. The lowest BCUT2D eigenvalue weighted by Crippen LogP contribution is -2.05. The fourth-order valence-corrected chi connectivity index (χ4v) is 1.67. The van der Waals surface area contributed by atoms with Gasteiger partial charge < -0.3 is 4.42 Å². The van der Waals surface area contributed by atoms with Crippen molar-refractivity contribution >= 4 is 21.7 Å². The van der Waals surface area contributed by atoms with Crippen molar-refractivity contribution in [3.05, 3.63) is 52.1 Å². The second-order valence-electron chi connectivity index (χ2n) is 3.10. The van der Waals surface area contributed by atoms with E-state index in [4.69, 9.17) is 4.42 Å². The van der Waals surface area contributed by atoms with Gasteiger partial charge in [0.1, 0.15) is 5.69 Å². The van der Waals surface area contributed by atoms with E-state index in [0.29, 0.717) is 10.2 Å². The van der Waals surface area contributed by atoms with Crippen molar-refractivity contribution in [2.24, 2.45) is 0 Å². The summed E-state index contributed by atoms with van der Waals surface area (Å²) in [4.78, 5) is 16.0. The van der Waals surface area contributed by atoms with E-state index in [9.17, 15) is 4.79 Å². The Kier molecular flexibility index (Phi) is 2.68. The smallest absolute Gasteiger partial charge is 0.247 e. The zero-order valence-corrected chi connectivity index (χ0v) is 9.61. The number of rotatable bonds is 2. The van der Waals surface area contributed by atoms with Crippen molar-refractivity contribution in [3.63, 3.8) is 0 Å². The molecule has 3 nitrogen and oxygen atoms in total. The van der Waals surface area contributed by atoms with Gasteiger partial charge in [-0.05, 0) is 40.5 Å². The summed E-state index contributed by atoms with van der Waals surface area (Å²) in [6.45, 7) is 1.84. The second kappa shape index (κ2) is 3.98. The van der Waals surface area contributed by atoms with Crippen LogP contribution in [0.25, 0.3) is 0 Å². The van der Waals surface area contributed by atoms with Gasteiger partial charge in [0.05, 0.1) is 10.7 Å². The second-order valence-corrected chi connectivity index (χ2v) is 3.95. The van der Waals surface area contributed by atoms with Crippen LogP contribution in [0.5, 0.6) is 0 Å². The van der Waals surface area contributed by atoms with Crippen molar-refractivity contribution in [2.45, 2.75) is 6.92 Å². The van der Waals surface area contributed by atoms with E-state index in [1.54, 1.807) is 18.3 Å². The molecular formula is C11H8BrNO2. The van der Waals surface area contributed by atoms with Gasteiger partial charge in [-0.3, -0.25) is 9.78 Å². The zero-order chi connectivity index (χ0) is 10.8. The summed E-state index contributed by atoms with van der Waals surface area (Å²) >= 11 is 3.25. The third-order valence-corrected chi connectivity index (χ3v) is 2.67. The Morgan fingerprint density at radius 1 is 1.47 bits per heavy atom. The molecule has 2 aromatic heterocycles. The molecule has 15 heavy (non-hydrogen) atoms. The number of hydrogen-bond acceptors (Lipinski definition) is 3. The van der Waals surface area contributed by atoms with Gasteiger partial charge in [-0.25, -0.2) is 0 Å². The first-order valence-electron chi connectivity index (χ1n) is 4.39. The molecule has 0 aromatic carbocycles. The number of aryl methyl sites for hydroxylation is 1. The molecule has 0 bridgehead atoms. The van der Waals surface area contributed by atoms with Crippen LogP contribution in [0.4, 0.5) is 0 Å². The summed E-state index contributed by atoms with van der Waals surface area (Å²) in [5.41, 5.74) is 1.26. The van der Waals surface area contributed by atoms with E-state index in [0.717, 1.165) is 5.56 Å².